The second-order valence-corrected chi connectivity index (χ2v) is 6.10. The van der Waals surface area contributed by atoms with E-state index in [1.54, 1.807) is 0 Å². The second kappa shape index (κ2) is 8.50. The lowest BCUT2D eigenvalue weighted by atomic mass is 10.0. The number of anilines is 1. The quantitative estimate of drug-likeness (QED) is 0.800. The van der Waals surface area contributed by atoms with Gasteiger partial charge in [0, 0.05) is 30.3 Å². The molecule has 4 heteroatoms. The maximum Gasteiger partial charge on any atom is 0.0459 e. The van der Waals surface area contributed by atoms with Crippen LogP contribution in [0, 0.1) is 0 Å². The van der Waals surface area contributed by atoms with Crippen LogP contribution in [-0.2, 0) is 6.42 Å². The Kier molecular flexibility index (Phi) is 7.35. The fraction of sp³-hybridized carbons (Fsp3) is 0.625. The Morgan fingerprint density at radius 2 is 1.90 bits per heavy atom. The summed E-state index contributed by atoms with van der Waals surface area (Å²) in [5.41, 5.74) is 8.48. The molecule has 0 heterocycles. The van der Waals surface area contributed by atoms with Gasteiger partial charge in [0.15, 0.2) is 0 Å². The number of halogens is 1. The van der Waals surface area contributed by atoms with E-state index >= 15 is 0 Å². The summed E-state index contributed by atoms with van der Waals surface area (Å²) in [5.74, 6) is 0. The van der Waals surface area contributed by atoms with Gasteiger partial charge in [-0.15, -0.1) is 0 Å². The molecule has 0 amide bonds. The van der Waals surface area contributed by atoms with Crippen LogP contribution in [0.15, 0.2) is 18.2 Å². The van der Waals surface area contributed by atoms with Crippen molar-refractivity contribution < 1.29 is 0 Å². The minimum absolute atomic E-state index is 0.170. The molecule has 1 unspecified atom stereocenters. The summed E-state index contributed by atoms with van der Waals surface area (Å²) in [4.78, 5) is 4.49. The monoisotopic (exact) mass is 297 g/mol. The van der Waals surface area contributed by atoms with E-state index in [4.69, 9.17) is 17.3 Å². The predicted octanol–water partition coefficient (Wildman–Crippen LogP) is 3.01. The summed E-state index contributed by atoms with van der Waals surface area (Å²) in [6.07, 6.45) is 2.94. The third kappa shape index (κ3) is 5.31. The number of hydrogen-bond donors (Lipinski definition) is 1. The molecule has 20 heavy (non-hydrogen) atoms. The third-order valence-corrected chi connectivity index (χ3v) is 3.95. The average molecular weight is 298 g/mol. The lowest BCUT2D eigenvalue weighted by Crippen LogP contribution is -2.26. The minimum Gasteiger partial charge on any atom is -0.374 e. The van der Waals surface area contributed by atoms with Crippen LogP contribution >= 0.6 is 11.6 Å². The molecule has 0 saturated heterocycles. The third-order valence-electron chi connectivity index (χ3n) is 3.59. The fourth-order valence-electron chi connectivity index (χ4n) is 2.26. The van der Waals surface area contributed by atoms with Crippen molar-refractivity contribution in [1.29, 1.82) is 0 Å². The standard InChI is InChI=1S/C16H28ClN3/c1-5-13(18)12-14-15(17)8-6-9-16(14)20(4)11-7-10-19(2)3/h6,8-9,13H,5,7,10-12,18H2,1-4H3. The molecule has 0 bridgehead atoms. The van der Waals surface area contributed by atoms with Crippen molar-refractivity contribution in [3.05, 3.63) is 28.8 Å². The van der Waals surface area contributed by atoms with Crippen molar-refractivity contribution in [2.75, 3.05) is 39.1 Å². The van der Waals surface area contributed by atoms with Crippen LogP contribution in [0.2, 0.25) is 5.02 Å². The van der Waals surface area contributed by atoms with Crippen LogP contribution in [-0.4, -0.2) is 45.2 Å². The van der Waals surface area contributed by atoms with Gasteiger partial charge in [0.2, 0.25) is 0 Å². The molecule has 3 nitrogen and oxygen atoms in total. The maximum atomic E-state index is 6.37. The zero-order valence-electron chi connectivity index (χ0n) is 13.2. The molecule has 0 aliphatic heterocycles. The SMILES string of the molecule is CCC(N)Cc1c(Cl)cccc1N(C)CCCN(C)C. The Balaban J connectivity index is 2.79. The summed E-state index contributed by atoms with van der Waals surface area (Å²) < 4.78 is 0. The van der Waals surface area contributed by atoms with E-state index in [9.17, 15) is 0 Å². The molecular formula is C16H28ClN3. The molecule has 0 aliphatic rings. The number of benzene rings is 1. The van der Waals surface area contributed by atoms with Gasteiger partial charge in [-0.3, -0.25) is 0 Å². The first-order valence-corrected chi connectivity index (χ1v) is 7.72. The second-order valence-electron chi connectivity index (χ2n) is 5.69. The van der Waals surface area contributed by atoms with Crippen molar-refractivity contribution in [1.82, 2.24) is 4.90 Å². The van der Waals surface area contributed by atoms with E-state index in [1.165, 1.54) is 11.3 Å². The molecule has 1 rings (SSSR count). The number of hydrogen-bond acceptors (Lipinski definition) is 3. The van der Waals surface area contributed by atoms with Crippen LogP contribution < -0.4 is 10.6 Å². The summed E-state index contributed by atoms with van der Waals surface area (Å²) in [6, 6.07) is 6.28. The predicted molar refractivity (Wildman–Crippen MR) is 89.9 cm³/mol. The number of rotatable bonds is 8. The molecule has 2 N–H and O–H groups in total. The first kappa shape index (κ1) is 17.3. The average Bonchev–Trinajstić information content (AvgIpc) is 2.40. The molecule has 0 spiro atoms. The van der Waals surface area contributed by atoms with Crippen LogP contribution in [0.3, 0.4) is 0 Å². The molecule has 0 aromatic heterocycles. The normalized spacial score (nSPS) is 12.8. The first-order valence-electron chi connectivity index (χ1n) is 7.34. The van der Waals surface area contributed by atoms with Crippen molar-refractivity contribution >= 4 is 17.3 Å². The van der Waals surface area contributed by atoms with E-state index in [1.807, 2.05) is 12.1 Å². The largest absolute Gasteiger partial charge is 0.374 e. The summed E-state index contributed by atoms with van der Waals surface area (Å²) in [7, 11) is 6.33. The molecule has 0 saturated carbocycles. The fourth-order valence-corrected chi connectivity index (χ4v) is 2.50. The highest BCUT2D eigenvalue weighted by molar-refractivity contribution is 6.31. The van der Waals surface area contributed by atoms with Crippen LogP contribution in [0.25, 0.3) is 0 Å². The van der Waals surface area contributed by atoms with E-state index in [-0.39, 0.29) is 6.04 Å². The highest BCUT2D eigenvalue weighted by atomic mass is 35.5. The molecule has 1 atom stereocenters. The van der Waals surface area contributed by atoms with Gasteiger partial charge in [-0.1, -0.05) is 24.6 Å². The molecule has 1 aromatic rings. The smallest absolute Gasteiger partial charge is 0.0459 e. The Morgan fingerprint density at radius 1 is 1.20 bits per heavy atom. The summed E-state index contributed by atoms with van der Waals surface area (Å²) in [6.45, 7) is 4.23. The van der Waals surface area contributed by atoms with Gasteiger partial charge in [-0.25, -0.2) is 0 Å². The lowest BCUT2D eigenvalue weighted by Gasteiger charge is -2.25. The van der Waals surface area contributed by atoms with Gasteiger partial charge in [-0.05, 0) is 57.6 Å². The maximum absolute atomic E-state index is 6.37. The highest BCUT2D eigenvalue weighted by Crippen LogP contribution is 2.28. The van der Waals surface area contributed by atoms with Crippen molar-refractivity contribution in [2.24, 2.45) is 5.73 Å². The van der Waals surface area contributed by atoms with E-state index < -0.39 is 0 Å². The first-order chi connectivity index (χ1) is 9.45. The van der Waals surface area contributed by atoms with Crippen molar-refractivity contribution in [3.63, 3.8) is 0 Å². The molecule has 0 aliphatic carbocycles. The van der Waals surface area contributed by atoms with E-state index in [0.717, 1.165) is 37.4 Å². The van der Waals surface area contributed by atoms with Crippen LogP contribution in [0.4, 0.5) is 5.69 Å². The van der Waals surface area contributed by atoms with Gasteiger partial charge in [0.05, 0.1) is 0 Å². The number of nitrogens with zero attached hydrogens (tertiary/aromatic N) is 2. The summed E-state index contributed by atoms with van der Waals surface area (Å²) >= 11 is 6.37. The molecular weight excluding hydrogens is 270 g/mol. The Morgan fingerprint density at radius 3 is 2.50 bits per heavy atom. The lowest BCUT2D eigenvalue weighted by molar-refractivity contribution is 0.401. The van der Waals surface area contributed by atoms with Crippen molar-refractivity contribution in [2.45, 2.75) is 32.2 Å². The number of nitrogens with two attached hydrogens (primary N) is 1. The van der Waals surface area contributed by atoms with E-state index in [2.05, 4.69) is 43.9 Å². The summed E-state index contributed by atoms with van der Waals surface area (Å²) in [5, 5.41) is 0.825. The highest BCUT2D eigenvalue weighted by Gasteiger charge is 2.13. The van der Waals surface area contributed by atoms with E-state index in [0.29, 0.717) is 0 Å². The van der Waals surface area contributed by atoms with Crippen LogP contribution in [0.5, 0.6) is 0 Å². The molecule has 1 aromatic carbocycles. The van der Waals surface area contributed by atoms with Gasteiger partial charge in [0.25, 0.3) is 0 Å². The Labute approximate surface area is 128 Å². The topological polar surface area (TPSA) is 32.5 Å². The molecule has 0 radical (unpaired) electrons. The Hall–Kier alpha value is -0.770. The van der Waals surface area contributed by atoms with Gasteiger partial charge >= 0.3 is 0 Å². The van der Waals surface area contributed by atoms with Crippen molar-refractivity contribution in [3.8, 4) is 0 Å². The van der Waals surface area contributed by atoms with Gasteiger partial charge in [0.1, 0.15) is 0 Å². The van der Waals surface area contributed by atoms with Gasteiger partial charge < -0.3 is 15.5 Å². The molecule has 114 valence electrons. The minimum atomic E-state index is 0.170. The zero-order valence-corrected chi connectivity index (χ0v) is 14.0. The van der Waals surface area contributed by atoms with Gasteiger partial charge in [-0.2, -0.15) is 0 Å². The Bertz CT molecular complexity index is 407. The molecule has 0 fully saturated rings. The van der Waals surface area contributed by atoms with Crippen LogP contribution in [0.1, 0.15) is 25.3 Å². The zero-order chi connectivity index (χ0) is 15.1.